The number of rotatable bonds is 14. The Morgan fingerprint density at radius 2 is 0.306 bits per heavy atom. The maximum absolute atomic E-state index is 2.38. The van der Waals surface area contributed by atoms with E-state index >= 15 is 0 Å². The van der Waals surface area contributed by atoms with Crippen LogP contribution in [0.1, 0.15) is 22.3 Å². The van der Waals surface area contributed by atoms with Gasteiger partial charge in [-0.05, 0) is 214 Å². The van der Waals surface area contributed by atoms with Crippen LogP contribution >= 0.6 is 0 Å². The van der Waals surface area contributed by atoms with Crippen LogP contribution in [-0.4, -0.2) is 18.3 Å². The van der Waals surface area contributed by atoms with Gasteiger partial charge in [0.15, 0.2) is 0 Å². The topological polar surface area (TPSA) is 26.2 Å². The van der Waals surface area contributed by atoms with Crippen LogP contribution in [0.2, 0.25) is 0 Å². The molecule has 0 aliphatic rings. The van der Waals surface area contributed by atoms with E-state index in [1.54, 1.807) is 0 Å². The zero-order chi connectivity index (χ0) is 71.2. The molecule has 506 valence electrons. The lowest BCUT2D eigenvalue weighted by Crippen LogP contribution is -2.10. The summed E-state index contributed by atoms with van der Waals surface area (Å²) in [7, 11) is 0. The summed E-state index contributed by atoms with van der Waals surface area (Å²) in [5, 5.41) is 14.8. The van der Waals surface area contributed by atoms with E-state index in [9.17, 15) is 0 Å². The summed E-state index contributed by atoms with van der Waals surface area (Å²) in [6, 6.07) is 142. The fraction of sp³-hybridized carbons (Fsp3) is 0. The first-order chi connectivity index (χ1) is 53.6. The molecular formula is C102H68N6. The molecule has 4 aromatic heterocycles. The van der Waals surface area contributed by atoms with Crippen molar-refractivity contribution in [2.75, 3.05) is 9.80 Å². The third kappa shape index (κ3) is 10.3. The van der Waals surface area contributed by atoms with E-state index < -0.39 is 0 Å². The van der Waals surface area contributed by atoms with Crippen LogP contribution in [0.5, 0.6) is 0 Å². The van der Waals surface area contributed by atoms with Gasteiger partial charge < -0.3 is 28.1 Å². The minimum Gasteiger partial charge on any atom is -0.311 e. The predicted octanol–water partition coefficient (Wildman–Crippen LogP) is 27.7. The summed E-state index contributed by atoms with van der Waals surface area (Å²) >= 11 is 0. The number of nitrogens with zero attached hydrogens (tertiary/aromatic N) is 6. The van der Waals surface area contributed by atoms with Gasteiger partial charge in [-0.25, -0.2) is 0 Å². The lowest BCUT2D eigenvalue weighted by Gasteiger charge is -2.26. The third-order valence-corrected chi connectivity index (χ3v) is 22.0. The van der Waals surface area contributed by atoms with Gasteiger partial charge in [0.2, 0.25) is 0 Å². The van der Waals surface area contributed by atoms with E-state index in [1.165, 1.54) is 120 Å². The van der Waals surface area contributed by atoms with E-state index in [4.69, 9.17) is 0 Å². The van der Waals surface area contributed by atoms with Crippen molar-refractivity contribution >= 4 is 167 Å². The van der Waals surface area contributed by atoms with Crippen LogP contribution in [0.3, 0.4) is 0 Å². The lowest BCUT2D eigenvalue weighted by atomic mass is 9.91. The molecule has 6 heteroatoms. The van der Waals surface area contributed by atoms with E-state index in [-0.39, 0.29) is 0 Å². The largest absolute Gasteiger partial charge is 0.311 e. The van der Waals surface area contributed by atoms with Crippen LogP contribution in [0, 0.1) is 0 Å². The fourth-order valence-electron chi connectivity index (χ4n) is 17.1. The highest BCUT2D eigenvalue weighted by Gasteiger charge is 2.22. The molecule has 0 aliphatic heterocycles. The first-order valence-corrected chi connectivity index (χ1v) is 37.0. The van der Waals surface area contributed by atoms with E-state index in [0.29, 0.717) is 0 Å². The van der Waals surface area contributed by atoms with E-state index in [1.807, 2.05) is 0 Å². The minimum atomic E-state index is 1.06. The molecule has 0 N–H and O–H groups in total. The Hall–Kier alpha value is -14.5. The van der Waals surface area contributed by atoms with Crippen molar-refractivity contribution in [3.63, 3.8) is 0 Å². The smallest absolute Gasteiger partial charge is 0.0541 e. The Labute approximate surface area is 624 Å². The fourth-order valence-corrected chi connectivity index (χ4v) is 17.1. The Balaban J connectivity index is 0.605. The van der Waals surface area contributed by atoms with Crippen LogP contribution in [0.25, 0.3) is 156 Å². The van der Waals surface area contributed by atoms with Crippen molar-refractivity contribution in [2.24, 2.45) is 0 Å². The molecule has 21 rings (SSSR count). The van der Waals surface area contributed by atoms with Gasteiger partial charge in [-0.2, -0.15) is 0 Å². The zero-order valence-electron chi connectivity index (χ0n) is 58.9. The van der Waals surface area contributed by atoms with Gasteiger partial charge >= 0.3 is 0 Å². The van der Waals surface area contributed by atoms with E-state index in [2.05, 4.69) is 441 Å². The number of aromatic nitrogens is 4. The van der Waals surface area contributed by atoms with Gasteiger partial charge in [-0.3, -0.25) is 0 Å². The highest BCUT2D eigenvalue weighted by atomic mass is 15.2. The highest BCUT2D eigenvalue weighted by molar-refractivity contribution is 6.16. The Morgan fingerprint density at radius 1 is 0.148 bits per heavy atom. The average molecular weight is 1380 g/mol. The van der Waals surface area contributed by atoms with Gasteiger partial charge in [-0.15, -0.1) is 0 Å². The monoisotopic (exact) mass is 1380 g/mol. The summed E-state index contributed by atoms with van der Waals surface area (Å²) in [5.74, 6) is 0. The van der Waals surface area contributed by atoms with Gasteiger partial charge in [-0.1, -0.05) is 243 Å². The molecule has 17 aromatic carbocycles. The second-order valence-corrected chi connectivity index (χ2v) is 28.0. The number of anilines is 6. The molecule has 0 aliphatic carbocycles. The second-order valence-electron chi connectivity index (χ2n) is 28.0. The Morgan fingerprint density at radius 3 is 0.491 bits per heavy atom. The standard InChI is InChI=1S/C102H68N6/c1-2-22-82-81(21-1)85(67-45-69-41-47-71(48-42-69)103(73-51-59-77(60-52-73)105-95-33-13-5-25-87(95)88-26-6-14-34-96(88)105)74-53-61-78(62-54-74)106-97-35-15-7-27-89(97)90-28-8-16-36-98(90)106)83-23-3-4-24-84(83)86(82)68-46-70-43-49-72(50-44-70)104(75-55-63-79(64-56-75)107-99-37-17-9-29-91(99)92-30-10-18-38-100(92)107)76-57-65-80(66-58-76)108-101-39-19-11-31-93(101)94-32-12-20-40-102(94)108/h1-68H/b67-45+,68-46+. The summed E-state index contributed by atoms with van der Waals surface area (Å²) in [6.45, 7) is 0. The maximum Gasteiger partial charge on any atom is 0.0541 e. The van der Waals surface area contributed by atoms with Crippen molar-refractivity contribution < 1.29 is 0 Å². The van der Waals surface area contributed by atoms with Gasteiger partial charge in [0.05, 0.1) is 44.1 Å². The van der Waals surface area contributed by atoms with Gasteiger partial charge in [0, 0.05) is 100.0 Å². The quantitative estimate of drug-likeness (QED) is 0.0801. The van der Waals surface area contributed by atoms with Crippen molar-refractivity contribution in [1.82, 2.24) is 18.3 Å². The SMILES string of the molecule is C(=C\c1c2ccccc2c(/C=C/c2ccc(N(c3ccc(-n4c5ccccc5c5ccccc54)cc3)c3ccc(-n4c5ccccc5c5ccccc54)cc3)cc2)c2ccccc12)/c1ccc(N(c2ccc(-n3c4ccccc4c4ccccc43)cc2)c2ccc(-n3c4ccccc4c4ccccc43)cc2)cc1. The number of benzene rings is 17. The molecule has 0 saturated carbocycles. The summed E-state index contributed by atoms with van der Waals surface area (Å²) < 4.78 is 9.53. The number of para-hydroxylation sites is 8. The molecule has 0 radical (unpaired) electrons. The molecule has 0 saturated heterocycles. The van der Waals surface area contributed by atoms with Crippen LogP contribution in [0.4, 0.5) is 34.1 Å². The second kappa shape index (κ2) is 25.7. The third-order valence-electron chi connectivity index (χ3n) is 22.0. The molecule has 0 amide bonds. The first-order valence-electron chi connectivity index (χ1n) is 37.0. The molecular weight excluding hydrogens is 1310 g/mol. The highest BCUT2D eigenvalue weighted by Crippen LogP contribution is 2.44. The van der Waals surface area contributed by atoms with Crippen LogP contribution < -0.4 is 9.80 Å². The molecule has 0 unspecified atom stereocenters. The van der Waals surface area contributed by atoms with Crippen molar-refractivity contribution in [1.29, 1.82) is 0 Å². The Bertz CT molecular complexity index is 6120. The zero-order valence-corrected chi connectivity index (χ0v) is 58.9. The molecule has 0 fully saturated rings. The van der Waals surface area contributed by atoms with Crippen LogP contribution in [-0.2, 0) is 0 Å². The van der Waals surface area contributed by atoms with Gasteiger partial charge in [0.1, 0.15) is 0 Å². The van der Waals surface area contributed by atoms with Crippen molar-refractivity contribution in [3.05, 3.63) is 411 Å². The minimum absolute atomic E-state index is 1.06. The molecule has 4 heterocycles. The number of hydrogen-bond acceptors (Lipinski definition) is 2. The maximum atomic E-state index is 2.38. The molecule has 0 spiro atoms. The first kappa shape index (κ1) is 62.1. The molecule has 6 nitrogen and oxygen atoms in total. The number of fused-ring (bicyclic) bond motifs is 14. The molecule has 21 aromatic rings. The van der Waals surface area contributed by atoms with Crippen molar-refractivity contribution in [2.45, 2.75) is 0 Å². The summed E-state index contributed by atoms with van der Waals surface area (Å²) in [4.78, 5) is 4.74. The summed E-state index contributed by atoms with van der Waals surface area (Å²) in [6.07, 6.45) is 9.16. The normalized spacial score (nSPS) is 12.0. The summed E-state index contributed by atoms with van der Waals surface area (Å²) in [5.41, 5.74) is 24.9. The molecule has 108 heavy (non-hydrogen) atoms. The van der Waals surface area contributed by atoms with Crippen molar-refractivity contribution in [3.8, 4) is 22.7 Å². The molecule has 0 bridgehead atoms. The molecule has 0 atom stereocenters. The van der Waals surface area contributed by atoms with E-state index in [0.717, 1.165) is 68.0 Å². The van der Waals surface area contributed by atoms with Crippen LogP contribution in [0.15, 0.2) is 388 Å². The van der Waals surface area contributed by atoms with Gasteiger partial charge in [0.25, 0.3) is 0 Å². The lowest BCUT2D eigenvalue weighted by molar-refractivity contribution is 1.17. The predicted molar refractivity (Wildman–Crippen MR) is 459 cm³/mol. The Kier molecular flexibility index (Phi) is 14.8. The average Bonchev–Trinajstić information content (AvgIpc) is 1.34. The number of hydrogen-bond donors (Lipinski definition) is 0.